The maximum absolute atomic E-state index is 12.5. The summed E-state index contributed by atoms with van der Waals surface area (Å²) in [6.07, 6.45) is 2.95. The van der Waals surface area contributed by atoms with E-state index in [1.807, 2.05) is 12.1 Å². The number of hydrogen-bond donors (Lipinski definition) is 0. The van der Waals surface area contributed by atoms with E-state index < -0.39 is 18.2 Å². The molecule has 156 valence electrons. The standard InChI is InChI=1S/C22H18F2O6/c1-27-19-9-14(5-6-17(19)30-22(23)24)21(26)28-11-15-10-20(25)29-18-8-13-4-2-3-12(13)7-16(15)18/h5-10,22H,2-4,11H2,1H3. The fourth-order valence-corrected chi connectivity index (χ4v) is 3.63. The number of ether oxygens (including phenoxy) is 3. The van der Waals surface area contributed by atoms with Crippen LogP contribution in [0.15, 0.2) is 45.6 Å². The predicted octanol–water partition coefficient (Wildman–Crippen LogP) is 4.25. The molecule has 1 aromatic heterocycles. The Balaban J connectivity index is 1.57. The Hall–Kier alpha value is -3.42. The number of alkyl halides is 2. The summed E-state index contributed by atoms with van der Waals surface area (Å²) in [6.45, 7) is -3.16. The Morgan fingerprint density at radius 3 is 2.60 bits per heavy atom. The molecule has 0 aliphatic heterocycles. The largest absolute Gasteiger partial charge is 0.493 e. The fraction of sp³-hybridized carbons (Fsp3) is 0.273. The van der Waals surface area contributed by atoms with Crippen molar-refractivity contribution in [2.75, 3.05) is 7.11 Å². The number of methoxy groups -OCH3 is 1. The van der Waals surface area contributed by atoms with Crippen molar-refractivity contribution in [2.24, 2.45) is 0 Å². The van der Waals surface area contributed by atoms with Crippen LogP contribution < -0.4 is 15.1 Å². The van der Waals surface area contributed by atoms with E-state index in [-0.39, 0.29) is 23.7 Å². The van der Waals surface area contributed by atoms with E-state index in [1.165, 1.54) is 36.9 Å². The molecule has 0 amide bonds. The van der Waals surface area contributed by atoms with Crippen LogP contribution >= 0.6 is 0 Å². The summed E-state index contributed by atoms with van der Waals surface area (Å²) >= 11 is 0. The number of halogens is 2. The summed E-state index contributed by atoms with van der Waals surface area (Å²) < 4.78 is 44.9. The van der Waals surface area contributed by atoms with Gasteiger partial charge >= 0.3 is 18.2 Å². The van der Waals surface area contributed by atoms with E-state index in [0.29, 0.717) is 11.1 Å². The third-order valence-electron chi connectivity index (χ3n) is 5.02. The molecule has 0 atom stereocenters. The SMILES string of the molecule is COc1cc(C(=O)OCc2cc(=O)oc3cc4c(cc23)CCC4)ccc1OC(F)F. The van der Waals surface area contributed by atoms with Crippen LogP contribution in [0.4, 0.5) is 8.78 Å². The molecule has 30 heavy (non-hydrogen) atoms. The minimum atomic E-state index is -3.02. The molecular weight excluding hydrogens is 398 g/mol. The van der Waals surface area contributed by atoms with Crippen molar-refractivity contribution in [1.29, 1.82) is 0 Å². The summed E-state index contributed by atoms with van der Waals surface area (Å²) in [5.74, 6) is -0.907. The van der Waals surface area contributed by atoms with Crippen LogP contribution in [-0.4, -0.2) is 19.7 Å². The number of aryl methyl sites for hydroxylation is 2. The molecule has 0 spiro atoms. The van der Waals surface area contributed by atoms with E-state index >= 15 is 0 Å². The summed E-state index contributed by atoms with van der Waals surface area (Å²) in [5.41, 5.74) is 2.93. The van der Waals surface area contributed by atoms with E-state index in [2.05, 4.69) is 4.74 Å². The molecule has 0 radical (unpaired) electrons. The third-order valence-corrected chi connectivity index (χ3v) is 5.02. The minimum Gasteiger partial charge on any atom is -0.493 e. The molecule has 1 aliphatic rings. The number of rotatable bonds is 6. The van der Waals surface area contributed by atoms with Crippen molar-refractivity contribution in [3.63, 3.8) is 0 Å². The van der Waals surface area contributed by atoms with Crippen LogP contribution in [0.1, 0.15) is 33.5 Å². The van der Waals surface area contributed by atoms with Crippen molar-refractivity contribution >= 4 is 16.9 Å². The number of carbonyl (C=O) groups excluding carboxylic acids is 1. The van der Waals surface area contributed by atoms with E-state index in [0.717, 1.165) is 30.2 Å². The summed E-state index contributed by atoms with van der Waals surface area (Å²) in [7, 11) is 1.27. The van der Waals surface area contributed by atoms with Gasteiger partial charge in [0.1, 0.15) is 12.2 Å². The fourth-order valence-electron chi connectivity index (χ4n) is 3.63. The van der Waals surface area contributed by atoms with Gasteiger partial charge in [-0.1, -0.05) is 0 Å². The first-order chi connectivity index (χ1) is 14.4. The highest BCUT2D eigenvalue weighted by Crippen LogP contribution is 2.31. The highest BCUT2D eigenvalue weighted by Gasteiger charge is 2.18. The predicted molar refractivity (Wildman–Crippen MR) is 103 cm³/mol. The Morgan fingerprint density at radius 2 is 1.87 bits per heavy atom. The van der Waals surface area contributed by atoms with Crippen LogP contribution in [0.25, 0.3) is 11.0 Å². The Morgan fingerprint density at radius 1 is 1.10 bits per heavy atom. The quantitative estimate of drug-likeness (QED) is 0.442. The molecule has 8 heteroatoms. The molecule has 3 aromatic rings. The Labute approximate surface area is 170 Å². The van der Waals surface area contributed by atoms with Gasteiger partial charge in [0.25, 0.3) is 0 Å². The van der Waals surface area contributed by atoms with Crippen molar-refractivity contribution < 1.29 is 32.2 Å². The number of benzene rings is 2. The first kappa shape index (κ1) is 19.9. The molecule has 2 aromatic carbocycles. The van der Waals surface area contributed by atoms with Crippen molar-refractivity contribution in [1.82, 2.24) is 0 Å². The average Bonchev–Trinajstić information content (AvgIpc) is 3.17. The van der Waals surface area contributed by atoms with Crippen molar-refractivity contribution in [3.8, 4) is 11.5 Å². The second-order valence-electron chi connectivity index (χ2n) is 6.88. The zero-order valence-electron chi connectivity index (χ0n) is 16.1. The van der Waals surface area contributed by atoms with Crippen molar-refractivity contribution in [3.05, 3.63) is 69.1 Å². The summed E-state index contributed by atoms with van der Waals surface area (Å²) in [4.78, 5) is 24.4. The van der Waals surface area contributed by atoms with Crippen molar-refractivity contribution in [2.45, 2.75) is 32.5 Å². The first-order valence-corrected chi connectivity index (χ1v) is 9.33. The molecule has 1 heterocycles. The molecule has 0 N–H and O–H groups in total. The van der Waals surface area contributed by atoms with Crippen LogP contribution in [0.5, 0.6) is 11.5 Å². The van der Waals surface area contributed by atoms with Gasteiger partial charge in [0.15, 0.2) is 11.5 Å². The van der Waals surface area contributed by atoms with Crippen LogP contribution in [0.2, 0.25) is 0 Å². The number of esters is 1. The zero-order chi connectivity index (χ0) is 21.3. The normalized spacial score (nSPS) is 12.8. The lowest BCUT2D eigenvalue weighted by Crippen LogP contribution is -2.09. The highest BCUT2D eigenvalue weighted by molar-refractivity contribution is 5.90. The maximum atomic E-state index is 12.5. The molecule has 0 unspecified atom stereocenters. The molecule has 6 nitrogen and oxygen atoms in total. The van der Waals surface area contributed by atoms with Crippen LogP contribution in [0.3, 0.4) is 0 Å². The monoisotopic (exact) mass is 416 g/mol. The van der Waals surface area contributed by atoms with Gasteiger partial charge in [0, 0.05) is 17.0 Å². The minimum absolute atomic E-state index is 0.0221. The highest BCUT2D eigenvalue weighted by atomic mass is 19.3. The Bertz CT molecular complexity index is 1170. The van der Waals surface area contributed by atoms with Gasteiger partial charge in [0.2, 0.25) is 0 Å². The molecule has 0 bridgehead atoms. The van der Waals surface area contributed by atoms with Gasteiger partial charge in [0.05, 0.1) is 12.7 Å². The second kappa shape index (κ2) is 8.14. The Kier molecular flexibility index (Phi) is 5.39. The number of hydrogen-bond acceptors (Lipinski definition) is 6. The molecule has 0 saturated carbocycles. The smallest absolute Gasteiger partial charge is 0.387 e. The second-order valence-corrected chi connectivity index (χ2v) is 6.88. The van der Waals surface area contributed by atoms with Gasteiger partial charge in [-0.2, -0.15) is 8.78 Å². The molecule has 0 fully saturated rings. The van der Waals surface area contributed by atoms with E-state index in [1.54, 1.807) is 0 Å². The molecule has 0 saturated heterocycles. The van der Waals surface area contributed by atoms with Gasteiger partial charge < -0.3 is 18.6 Å². The van der Waals surface area contributed by atoms with Gasteiger partial charge in [-0.05, 0) is 60.7 Å². The van der Waals surface area contributed by atoms with Gasteiger partial charge in [-0.3, -0.25) is 0 Å². The average molecular weight is 416 g/mol. The molecule has 1 aliphatic carbocycles. The van der Waals surface area contributed by atoms with Crippen LogP contribution in [0, 0.1) is 0 Å². The number of carbonyl (C=O) groups is 1. The zero-order valence-corrected chi connectivity index (χ0v) is 16.1. The van der Waals surface area contributed by atoms with Crippen LogP contribution in [-0.2, 0) is 24.2 Å². The number of fused-ring (bicyclic) bond motifs is 2. The lowest BCUT2D eigenvalue weighted by Gasteiger charge is -2.12. The lowest BCUT2D eigenvalue weighted by atomic mass is 10.0. The first-order valence-electron chi connectivity index (χ1n) is 9.33. The molecular formula is C22H18F2O6. The molecule has 4 rings (SSSR count). The van der Waals surface area contributed by atoms with Gasteiger partial charge in [-0.15, -0.1) is 0 Å². The maximum Gasteiger partial charge on any atom is 0.387 e. The van der Waals surface area contributed by atoms with E-state index in [4.69, 9.17) is 13.9 Å². The van der Waals surface area contributed by atoms with Gasteiger partial charge in [-0.25, -0.2) is 9.59 Å². The lowest BCUT2D eigenvalue weighted by molar-refractivity contribution is -0.0512. The summed E-state index contributed by atoms with van der Waals surface area (Å²) in [5, 5.41) is 0.723. The summed E-state index contributed by atoms with van der Waals surface area (Å²) in [6, 6.07) is 8.91. The topological polar surface area (TPSA) is 75.0 Å². The van der Waals surface area contributed by atoms with E-state index in [9.17, 15) is 18.4 Å². The third kappa shape index (κ3) is 3.98.